The topological polar surface area (TPSA) is 91.4 Å². The van der Waals surface area contributed by atoms with Gasteiger partial charge in [0.15, 0.2) is 0 Å². The molecule has 4 rings (SSSR count). The molecule has 0 saturated carbocycles. The molecule has 140 valence electrons. The maximum absolute atomic E-state index is 9.70. The Kier molecular flexibility index (Phi) is 4.47. The number of pyridine rings is 1. The van der Waals surface area contributed by atoms with Gasteiger partial charge in [0.25, 0.3) is 0 Å². The SMILES string of the molecule is CC1=C(C#N)c2nc(N)c(C#N)c(C)c2/C1=C\c1cccn1-c1ccc(Cl)cc1. The molecule has 0 bridgehead atoms. The van der Waals surface area contributed by atoms with Crippen molar-refractivity contribution in [3.8, 4) is 17.8 Å². The lowest BCUT2D eigenvalue weighted by atomic mass is 9.96. The van der Waals surface area contributed by atoms with Crippen molar-refractivity contribution in [2.75, 3.05) is 5.73 Å². The lowest BCUT2D eigenvalue weighted by molar-refractivity contribution is 1.06. The van der Waals surface area contributed by atoms with Gasteiger partial charge < -0.3 is 10.3 Å². The van der Waals surface area contributed by atoms with Crippen LogP contribution in [0.4, 0.5) is 5.82 Å². The summed E-state index contributed by atoms with van der Waals surface area (Å²) in [5.41, 5.74) is 12.4. The van der Waals surface area contributed by atoms with E-state index in [9.17, 15) is 10.5 Å². The van der Waals surface area contributed by atoms with Crippen LogP contribution in [-0.2, 0) is 0 Å². The molecule has 0 amide bonds. The number of hydrogen-bond donors (Lipinski definition) is 1. The minimum absolute atomic E-state index is 0.148. The highest BCUT2D eigenvalue weighted by molar-refractivity contribution is 6.30. The molecule has 1 aliphatic carbocycles. The number of nitrogen functional groups attached to an aromatic ring is 1. The lowest BCUT2D eigenvalue weighted by Gasteiger charge is -2.12. The Morgan fingerprint density at radius 1 is 1.10 bits per heavy atom. The Labute approximate surface area is 173 Å². The quantitative estimate of drug-likeness (QED) is 0.648. The van der Waals surface area contributed by atoms with Crippen molar-refractivity contribution in [3.63, 3.8) is 0 Å². The van der Waals surface area contributed by atoms with Crippen molar-refractivity contribution >= 4 is 34.6 Å². The number of nitrogens with zero attached hydrogens (tertiary/aromatic N) is 4. The Morgan fingerprint density at radius 3 is 2.48 bits per heavy atom. The number of nitrogens with two attached hydrogens (primary N) is 1. The van der Waals surface area contributed by atoms with Gasteiger partial charge in [-0.2, -0.15) is 10.5 Å². The van der Waals surface area contributed by atoms with Crippen LogP contribution in [0, 0.1) is 29.6 Å². The molecular weight excluding hydrogens is 382 g/mol. The predicted octanol–water partition coefficient (Wildman–Crippen LogP) is 5.14. The molecule has 1 aliphatic rings. The minimum atomic E-state index is 0.148. The molecule has 2 N–H and O–H groups in total. The fourth-order valence-electron chi connectivity index (χ4n) is 3.69. The molecular formula is C23H16ClN5. The highest BCUT2D eigenvalue weighted by Gasteiger charge is 2.29. The highest BCUT2D eigenvalue weighted by atomic mass is 35.5. The number of benzene rings is 1. The Bertz CT molecular complexity index is 1290. The maximum atomic E-state index is 9.70. The van der Waals surface area contributed by atoms with Crippen molar-refractivity contribution < 1.29 is 0 Å². The average molecular weight is 398 g/mol. The molecule has 1 aromatic carbocycles. The van der Waals surface area contributed by atoms with E-state index in [2.05, 4.69) is 17.1 Å². The number of nitriles is 2. The Morgan fingerprint density at radius 2 is 1.83 bits per heavy atom. The summed E-state index contributed by atoms with van der Waals surface area (Å²) in [7, 11) is 0. The smallest absolute Gasteiger partial charge is 0.142 e. The summed E-state index contributed by atoms with van der Waals surface area (Å²) in [4.78, 5) is 4.37. The van der Waals surface area contributed by atoms with Crippen LogP contribution < -0.4 is 5.73 Å². The number of halogens is 1. The third-order valence-corrected chi connectivity index (χ3v) is 5.41. The standard InChI is InChI=1S/C23H16ClN5/c1-13-18(10-17-4-3-9-29(17)16-7-5-15(24)6-8-16)21-14(2)20(12-26)23(27)28-22(21)19(13)11-25/h3-10H,1-2H3,(H2,27,28)/b18-10-. The molecule has 29 heavy (non-hydrogen) atoms. The van der Waals surface area contributed by atoms with Crippen molar-refractivity contribution in [1.29, 1.82) is 10.5 Å². The number of allylic oxidation sites excluding steroid dienone is 3. The summed E-state index contributed by atoms with van der Waals surface area (Å²) >= 11 is 6.02. The first kappa shape index (κ1) is 18.6. The van der Waals surface area contributed by atoms with Gasteiger partial charge in [-0.05, 0) is 73.0 Å². The van der Waals surface area contributed by atoms with Crippen LogP contribution in [-0.4, -0.2) is 9.55 Å². The monoisotopic (exact) mass is 397 g/mol. The molecule has 0 atom stereocenters. The van der Waals surface area contributed by atoms with E-state index in [1.54, 1.807) is 0 Å². The van der Waals surface area contributed by atoms with Crippen LogP contribution in [0.15, 0.2) is 48.2 Å². The molecule has 3 aromatic rings. The third-order valence-electron chi connectivity index (χ3n) is 5.16. The van der Waals surface area contributed by atoms with Crippen LogP contribution in [0.2, 0.25) is 5.02 Å². The summed E-state index contributed by atoms with van der Waals surface area (Å²) in [6.07, 6.45) is 3.98. The van der Waals surface area contributed by atoms with Gasteiger partial charge in [0, 0.05) is 28.2 Å². The van der Waals surface area contributed by atoms with Gasteiger partial charge in [-0.15, -0.1) is 0 Å². The van der Waals surface area contributed by atoms with Gasteiger partial charge in [0.05, 0.1) is 16.8 Å². The first-order chi connectivity index (χ1) is 14.0. The molecule has 0 saturated heterocycles. The van der Waals surface area contributed by atoms with Gasteiger partial charge in [-0.25, -0.2) is 4.98 Å². The zero-order valence-corrected chi connectivity index (χ0v) is 16.6. The van der Waals surface area contributed by atoms with Crippen molar-refractivity contribution in [1.82, 2.24) is 9.55 Å². The Balaban J connectivity index is 1.95. The first-order valence-corrected chi connectivity index (χ1v) is 9.31. The zero-order chi connectivity index (χ0) is 20.7. The fraction of sp³-hybridized carbons (Fsp3) is 0.0870. The molecule has 2 aromatic heterocycles. The second kappa shape index (κ2) is 6.98. The van der Waals surface area contributed by atoms with Gasteiger partial charge in [-0.1, -0.05) is 11.6 Å². The van der Waals surface area contributed by atoms with Crippen LogP contribution >= 0.6 is 11.6 Å². The summed E-state index contributed by atoms with van der Waals surface area (Å²) in [5, 5.41) is 19.9. The summed E-state index contributed by atoms with van der Waals surface area (Å²) in [6, 6.07) is 15.9. The molecule has 0 fully saturated rings. The zero-order valence-electron chi connectivity index (χ0n) is 15.9. The minimum Gasteiger partial charge on any atom is -0.383 e. The number of aromatic nitrogens is 2. The Hall–Kier alpha value is -3.80. The number of rotatable bonds is 2. The third kappa shape index (κ3) is 2.89. The van der Waals surface area contributed by atoms with Crippen LogP contribution in [0.3, 0.4) is 0 Å². The second-order valence-electron chi connectivity index (χ2n) is 6.78. The normalized spacial score (nSPS) is 14.0. The molecule has 6 heteroatoms. The van der Waals surface area contributed by atoms with Crippen molar-refractivity contribution in [3.05, 3.63) is 81.3 Å². The number of fused-ring (bicyclic) bond motifs is 1. The van der Waals surface area contributed by atoms with Gasteiger partial charge in [0.1, 0.15) is 18.0 Å². The van der Waals surface area contributed by atoms with E-state index in [-0.39, 0.29) is 5.82 Å². The number of anilines is 1. The summed E-state index contributed by atoms with van der Waals surface area (Å²) < 4.78 is 2.03. The van der Waals surface area contributed by atoms with Crippen LogP contribution in [0.25, 0.3) is 22.9 Å². The predicted molar refractivity (Wildman–Crippen MR) is 115 cm³/mol. The van der Waals surface area contributed by atoms with Gasteiger partial charge >= 0.3 is 0 Å². The molecule has 0 radical (unpaired) electrons. The fourth-order valence-corrected chi connectivity index (χ4v) is 3.82. The molecule has 2 heterocycles. The lowest BCUT2D eigenvalue weighted by Crippen LogP contribution is -2.04. The largest absolute Gasteiger partial charge is 0.383 e. The maximum Gasteiger partial charge on any atom is 0.142 e. The molecule has 0 unspecified atom stereocenters. The number of hydrogen-bond acceptors (Lipinski definition) is 4. The molecule has 0 spiro atoms. The van der Waals surface area contributed by atoms with E-state index in [0.717, 1.165) is 33.7 Å². The van der Waals surface area contributed by atoms with Crippen LogP contribution in [0.5, 0.6) is 0 Å². The molecule has 0 aliphatic heterocycles. The second-order valence-corrected chi connectivity index (χ2v) is 7.22. The highest BCUT2D eigenvalue weighted by Crippen LogP contribution is 2.44. The molecule has 5 nitrogen and oxygen atoms in total. The van der Waals surface area contributed by atoms with Crippen molar-refractivity contribution in [2.45, 2.75) is 13.8 Å². The van der Waals surface area contributed by atoms with Crippen molar-refractivity contribution in [2.24, 2.45) is 0 Å². The first-order valence-electron chi connectivity index (χ1n) is 8.93. The van der Waals surface area contributed by atoms with E-state index in [4.69, 9.17) is 17.3 Å². The van der Waals surface area contributed by atoms with E-state index >= 15 is 0 Å². The van der Waals surface area contributed by atoms with Gasteiger partial charge in [0.2, 0.25) is 0 Å². The summed E-state index contributed by atoms with van der Waals surface area (Å²) in [5.74, 6) is 0.148. The summed E-state index contributed by atoms with van der Waals surface area (Å²) in [6.45, 7) is 3.73. The average Bonchev–Trinajstić information content (AvgIpc) is 3.26. The van der Waals surface area contributed by atoms with E-state index in [1.807, 2.05) is 67.1 Å². The van der Waals surface area contributed by atoms with E-state index in [1.165, 1.54) is 0 Å². The van der Waals surface area contributed by atoms with E-state index in [0.29, 0.717) is 21.9 Å². The van der Waals surface area contributed by atoms with E-state index < -0.39 is 0 Å². The van der Waals surface area contributed by atoms with Gasteiger partial charge in [-0.3, -0.25) is 0 Å². The van der Waals surface area contributed by atoms with Crippen LogP contribution in [0.1, 0.15) is 35.0 Å².